The molecule has 0 aliphatic carbocycles. The van der Waals surface area contributed by atoms with Crippen molar-refractivity contribution in [3.8, 4) is 5.75 Å². The van der Waals surface area contributed by atoms with Gasteiger partial charge < -0.3 is 5.11 Å². The van der Waals surface area contributed by atoms with E-state index in [1.165, 1.54) is 12.1 Å². The molecule has 0 aliphatic rings. The molecule has 2 rings (SSSR count). The van der Waals surface area contributed by atoms with Gasteiger partial charge in [-0.3, -0.25) is 4.79 Å². The van der Waals surface area contributed by atoms with E-state index in [9.17, 15) is 4.79 Å². The Morgan fingerprint density at radius 1 is 0.882 bits per heavy atom. The minimum absolute atomic E-state index is 0. The maximum absolute atomic E-state index is 11.9. The SMILES string of the molecule is O=C(c1ccc(O)cc1)c1ccc(Cl)cc1.[NaH]. The number of ketones is 1. The molecular formula is C13H10ClNaO2. The number of halogens is 1. The Balaban J connectivity index is 0.00000144. The van der Waals surface area contributed by atoms with Crippen molar-refractivity contribution in [2.24, 2.45) is 0 Å². The van der Waals surface area contributed by atoms with Gasteiger partial charge in [0.15, 0.2) is 5.78 Å². The molecule has 0 radical (unpaired) electrons. The van der Waals surface area contributed by atoms with Gasteiger partial charge in [-0.2, -0.15) is 0 Å². The standard InChI is InChI=1S/C13H9ClO2.Na.H/c14-11-5-1-9(2-6-11)13(16)10-3-7-12(15)8-4-10;;/h1-8,15H;;. The molecule has 4 heteroatoms. The molecule has 0 amide bonds. The van der Waals surface area contributed by atoms with Gasteiger partial charge in [-0.25, -0.2) is 0 Å². The Labute approximate surface area is 127 Å². The van der Waals surface area contributed by atoms with Crippen LogP contribution in [0.2, 0.25) is 5.02 Å². The first-order valence-electron chi connectivity index (χ1n) is 4.76. The van der Waals surface area contributed by atoms with Crippen LogP contribution in [0, 0.1) is 0 Å². The summed E-state index contributed by atoms with van der Waals surface area (Å²) in [5.41, 5.74) is 1.12. The topological polar surface area (TPSA) is 37.3 Å². The molecule has 0 heterocycles. The first-order chi connectivity index (χ1) is 7.66. The first kappa shape index (κ1) is 14.3. The fourth-order valence-corrected chi connectivity index (χ4v) is 1.51. The van der Waals surface area contributed by atoms with Crippen LogP contribution >= 0.6 is 11.6 Å². The van der Waals surface area contributed by atoms with E-state index in [-0.39, 0.29) is 41.1 Å². The maximum atomic E-state index is 11.9. The Hall–Kier alpha value is -0.800. The number of carbonyl (C=O) groups excluding carboxylic acids is 1. The molecule has 17 heavy (non-hydrogen) atoms. The Morgan fingerprint density at radius 3 is 1.76 bits per heavy atom. The summed E-state index contributed by atoms with van der Waals surface area (Å²) in [6.45, 7) is 0. The van der Waals surface area contributed by atoms with Crippen LogP contribution < -0.4 is 0 Å². The van der Waals surface area contributed by atoms with Gasteiger partial charge in [0.1, 0.15) is 5.75 Å². The summed E-state index contributed by atoms with van der Waals surface area (Å²) >= 11 is 5.74. The molecule has 1 N–H and O–H groups in total. The van der Waals surface area contributed by atoms with Crippen LogP contribution in [-0.2, 0) is 0 Å². The molecule has 0 unspecified atom stereocenters. The molecule has 0 spiro atoms. The van der Waals surface area contributed by atoms with Gasteiger partial charge in [0.05, 0.1) is 0 Å². The van der Waals surface area contributed by atoms with Crippen molar-refractivity contribution in [3.05, 3.63) is 64.7 Å². The number of phenols is 1. The zero-order valence-electron chi connectivity index (χ0n) is 8.35. The van der Waals surface area contributed by atoms with Gasteiger partial charge in [-0.1, -0.05) is 11.6 Å². The van der Waals surface area contributed by atoms with Crippen molar-refractivity contribution in [2.75, 3.05) is 0 Å². The molecule has 0 saturated carbocycles. The summed E-state index contributed by atoms with van der Waals surface area (Å²) in [6.07, 6.45) is 0. The predicted octanol–water partition coefficient (Wildman–Crippen LogP) is 2.63. The Morgan fingerprint density at radius 2 is 1.29 bits per heavy atom. The molecule has 2 nitrogen and oxygen atoms in total. The van der Waals surface area contributed by atoms with E-state index in [1.54, 1.807) is 36.4 Å². The minimum atomic E-state index is -0.0864. The number of hydrogen-bond acceptors (Lipinski definition) is 2. The van der Waals surface area contributed by atoms with Gasteiger partial charge in [0, 0.05) is 16.1 Å². The van der Waals surface area contributed by atoms with Crippen LogP contribution in [0.3, 0.4) is 0 Å². The normalized spacial score (nSPS) is 9.47. The average molecular weight is 257 g/mol. The molecule has 0 saturated heterocycles. The quantitative estimate of drug-likeness (QED) is 0.663. The number of carbonyl (C=O) groups is 1. The van der Waals surface area contributed by atoms with Gasteiger partial charge in [-0.05, 0) is 48.5 Å². The fourth-order valence-electron chi connectivity index (χ4n) is 1.38. The third-order valence-electron chi connectivity index (χ3n) is 2.24. The van der Waals surface area contributed by atoms with Crippen molar-refractivity contribution in [3.63, 3.8) is 0 Å². The van der Waals surface area contributed by atoms with Gasteiger partial charge in [0.2, 0.25) is 0 Å². The summed E-state index contributed by atoms with van der Waals surface area (Å²) in [7, 11) is 0. The third kappa shape index (κ3) is 3.58. The summed E-state index contributed by atoms with van der Waals surface area (Å²) in [5, 5.41) is 9.72. The molecule has 0 aliphatic heterocycles. The van der Waals surface area contributed by atoms with Crippen molar-refractivity contribution < 1.29 is 9.90 Å². The summed E-state index contributed by atoms with van der Waals surface area (Å²) in [5.74, 6) is 0.0596. The molecule has 0 bridgehead atoms. The molecule has 82 valence electrons. The van der Waals surface area contributed by atoms with Crippen molar-refractivity contribution in [2.45, 2.75) is 0 Å². The van der Waals surface area contributed by atoms with Crippen LogP contribution in [0.4, 0.5) is 0 Å². The Kier molecular flexibility index (Phi) is 5.22. The molecule has 2 aromatic carbocycles. The van der Waals surface area contributed by atoms with Gasteiger partial charge in [-0.15, -0.1) is 0 Å². The second-order valence-corrected chi connectivity index (χ2v) is 3.82. The van der Waals surface area contributed by atoms with E-state index in [0.717, 1.165) is 0 Å². The summed E-state index contributed by atoms with van der Waals surface area (Å²) < 4.78 is 0. The van der Waals surface area contributed by atoms with Gasteiger partial charge >= 0.3 is 29.6 Å². The summed E-state index contributed by atoms with van der Waals surface area (Å²) in [6, 6.07) is 12.9. The first-order valence-corrected chi connectivity index (χ1v) is 5.14. The number of hydrogen-bond donors (Lipinski definition) is 1. The molecule has 0 fully saturated rings. The predicted molar refractivity (Wildman–Crippen MR) is 70.1 cm³/mol. The van der Waals surface area contributed by atoms with Crippen molar-refractivity contribution in [1.82, 2.24) is 0 Å². The zero-order chi connectivity index (χ0) is 11.5. The number of benzene rings is 2. The van der Waals surface area contributed by atoms with E-state index in [1.807, 2.05) is 0 Å². The number of phenolic OH excluding ortho intramolecular Hbond substituents is 1. The van der Waals surface area contributed by atoms with E-state index < -0.39 is 0 Å². The van der Waals surface area contributed by atoms with E-state index in [0.29, 0.717) is 16.1 Å². The zero-order valence-corrected chi connectivity index (χ0v) is 9.11. The number of aromatic hydroxyl groups is 1. The average Bonchev–Trinajstić information content (AvgIpc) is 2.30. The Bertz CT molecular complexity index is 458. The fraction of sp³-hybridized carbons (Fsp3) is 0. The monoisotopic (exact) mass is 256 g/mol. The van der Waals surface area contributed by atoms with Crippen LogP contribution in [0.15, 0.2) is 48.5 Å². The van der Waals surface area contributed by atoms with Crippen LogP contribution in [0.1, 0.15) is 15.9 Å². The molecule has 2 aromatic rings. The van der Waals surface area contributed by atoms with E-state index in [4.69, 9.17) is 16.7 Å². The summed E-state index contributed by atoms with van der Waals surface area (Å²) in [4.78, 5) is 11.9. The van der Waals surface area contributed by atoms with Crippen molar-refractivity contribution in [1.29, 1.82) is 0 Å². The molecular weight excluding hydrogens is 247 g/mol. The third-order valence-corrected chi connectivity index (χ3v) is 2.49. The second-order valence-electron chi connectivity index (χ2n) is 3.38. The van der Waals surface area contributed by atoms with Crippen LogP contribution in [0.5, 0.6) is 5.75 Å². The second kappa shape index (κ2) is 6.22. The van der Waals surface area contributed by atoms with Crippen molar-refractivity contribution >= 4 is 46.9 Å². The van der Waals surface area contributed by atoms with E-state index in [2.05, 4.69) is 0 Å². The van der Waals surface area contributed by atoms with Gasteiger partial charge in [0.25, 0.3) is 0 Å². The van der Waals surface area contributed by atoms with Crippen LogP contribution in [-0.4, -0.2) is 40.4 Å². The van der Waals surface area contributed by atoms with E-state index >= 15 is 0 Å². The molecule has 0 aromatic heterocycles. The van der Waals surface area contributed by atoms with Crippen LogP contribution in [0.25, 0.3) is 0 Å². The number of rotatable bonds is 2. The molecule has 0 atom stereocenters.